The van der Waals surface area contributed by atoms with Crippen LogP contribution in [0.15, 0.2) is 59.1 Å². The Morgan fingerprint density at radius 1 is 1.24 bits per heavy atom. The topological polar surface area (TPSA) is 129 Å². The first-order valence-electron chi connectivity index (χ1n) is 9.92. The van der Waals surface area contributed by atoms with Crippen LogP contribution in [0, 0.1) is 10.1 Å². The van der Waals surface area contributed by atoms with E-state index in [-0.39, 0.29) is 17.3 Å². The van der Waals surface area contributed by atoms with E-state index in [1.165, 1.54) is 40.8 Å². The van der Waals surface area contributed by atoms with Gasteiger partial charge in [-0.3, -0.25) is 14.9 Å². The Bertz CT molecular complexity index is 1290. The van der Waals surface area contributed by atoms with Crippen molar-refractivity contribution in [2.24, 2.45) is 0 Å². The fourth-order valence-corrected chi connectivity index (χ4v) is 4.39. The van der Waals surface area contributed by atoms with Crippen molar-refractivity contribution in [3.8, 4) is 16.9 Å². The van der Waals surface area contributed by atoms with Gasteiger partial charge in [-0.15, -0.1) is 16.4 Å². The summed E-state index contributed by atoms with van der Waals surface area (Å²) in [5, 5.41) is 28.1. The summed E-state index contributed by atoms with van der Waals surface area (Å²) in [5.74, 6) is 0.259. The molecule has 0 atom stereocenters. The number of benzene rings is 2. The maximum absolute atomic E-state index is 12.4. The maximum Gasteiger partial charge on any atom is 0.270 e. The quantitative estimate of drug-likeness (QED) is 0.220. The Hall–Kier alpha value is -3.64. The summed E-state index contributed by atoms with van der Waals surface area (Å²) >= 11 is 2.46. The highest BCUT2D eigenvalue weighted by Gasteiger charge is 2.14. The summed E-state index contributed by atoms with van der Waals surface area (Å²) in [5.41, 5.74) is 3.18. The number of tetrazole rings is 1. The van der Waals surface area contributed by atoms with E-state index in [0.29, 0.717) is 27.5 Å². The van der Waals surface area contributed by atoms with Gasteiger partial charge in [0.05, 0.1) is 22.1 Å². The molecule has 0 aliphatic carbocycles. The van der Waals surface area contributed by atoms with Crippen LogP contribution in [-0.4, -0.2) is 41.8 Å². The van der Waals surface area contributed by atoms with Crippen LogP contribution in [-0.2, 0) is 4.79 Å². The minimum absolute atomic E-state index is 0.0148. The van der Waals surface area contributed by atoms with Crippen molar-refractivity contribution in [1.29, 1.82) is 0 Å². The van der Waals surface area contributed by atoms with Crippen LogP contribution in [0.25, 0.3) is 16.9 Å². The van der Waals surface area contributed by atoms with Gasteiger partial charge in [0.2, 0.25) is 11.1 Å². The van der Waals surface area contributed by atoms with Gasteiger partial charge in [-0.25, -0.2) is 4.98 Å². The molecule has 168 valence electrons. The third kappa shape index (κ3) is 5.41. The zero-order chi connectivity index (χ0) is 23.4. The predicted molar refractivity (Wildman–Crippen MR) is 127 cm³/mol. The molecular formula is C21H19N7O3S2. The first-order chi connectivity index (χ1) is 15.9. The lowest BCUT2D eigenvalue weighted by atomic mass is 10.0. The number of hydrogen-bond acceptors (Lipinski definition) is 9. The molecule has 0 fully saturated rings. The number of nitro groups is 1. The largest absolute Gasteiger partial charge is 0.301 e. The minimum atomic E-state index is -0.456. The van der Waals surface area contributed by atoms with Crippen molar-refractivity contribution >= 4 is 39.8 Å². The van der Waals surface area contributed by atoms with E-state index in [0.717, 1.165) is 5.69 Å². The molecule has 2 aromatic heterocycles. The molecule has 1 amide bonds. The number of non-ortho nitro benzene ring substituents is 1. The van der Waals surface area contributed by atoms with Crippen LogP contribution < -0.4 is 5.32 Å². The molecule has 33 heavy (non-hydrogen) atoms. The normalized spacial score (nSPS) is 11.0. The van der Waals surface area contributed by atoms with Gasteiger partial charge >= 0.3 is 0 Å². The van der Waals surface area contributed by atoms with E-state index in [1.807, 2.05) is 24.3 Å². The Morgan fingerprint density at radius 2 is 2.03 bits per heavy atom. The lowest BCUT2D eigenvalue weighted by Gasteiger charge is -2.08. The molecule has 2 heterocycles. The van der Waals surface area contributed by atoms with Crippen LogP contribution in [0.1, 0.15) is 25.3 Å². The lowest BCUT2D eigenvalue weighted by Crippen LogP contribution is -2.14. The standard InChI is InChI=1S/C21H19N7O3S2/c1-13(2)14-6-8-16(9-7-14)27-21(24-25-26-27)33-12-19(29)23-20-22-18(11-32-20)15-4-3-5-17(10-15)28(30)31/h3-11,13H,12H2,1-2H3,(H,22,23,29). The predicted octanol–water partition coefficient (Wildman–Crippen LogP) is 4.55. The van der Waals surface area contributed by atoms with Gasteiger partial charge in [0.15, 0.2) is 5.13 Å². The number of aromatic nitrogens is 5. The molecule has 0 radical (unpaired) electrons. The number of hydrogen-bond donors (Lipinski definition) is 1. The first kappa shape index (κ1) is 22.6. The molecule has 0 bridgehead atoms. The van der Waals surface area contributed by atoms with Gasteiger partial charge in [-0.2, -0.15) is 4.68 Å². The maximum atomic E-state index is 12.4. The number of anilines is 1. The highest BCUT2D eigenvalue weighted by atomic mass is 32.2. The Labute approximate surface area is 197 Å². The van der Waals surface area contributed by atoms with Crippen molar-refractivity contribution in [3.05, 3.63) is 69.6 Å². The summed E-state index contributed by atoms with van der Waals surface area (Å²) in [6, 6.07) is 14.2. The molecule has 4 aromatic rings. The minimum Gasteiger partial charge on any atom is -0.301 e. The van der Waals surface area contributed by atoms with Gasteiger partial charge in [0, 0.05) is 23.1 Å². The second-order valence-corrected chi connectivity index (χ2v) is 9.10. The average Bonchev–Trinajstić information content (AvgIpc) is 3.47. The molecule has 0 aliphatic rings. The molecule has 0 spiro atoms. The highest BCUT2D eigenvalue weighted by molar-refractivity contribution is 7.99. The number of nitrogens with zero attached hydrogens (tertiary/aromatic N) is 6. The molecule has 12 heteroatoms. The molecular weight excluding hydrogens is 462 g/mol. The van der Waals surface area contributed by atoms with E-state index in [2.05, 4.69) is 39.7 Å². The van der Waals surface area contributed by atoms with Crippen molar-refractivity contribution in [2.45, 2.75) is 24.9 Å². The molecule has 0 aliphatic heterocycles. The van der Waals surface area contributed by atoms with Crippen LogP contribution in [0.5, 0.6) is 0 Å². The molecule has 10 nitrogen and oxygen atoms in total. The number of carbonyl (C=O) groups is 1. The van der Waals surface area contributed by atoms with E-state index in [4.69, 9.17) is 0 Å². The summed E-state index contributed by atoms with van der Waals surface area (Å²) in [7, 11) is 0. The van der Waals surface area contributed by atoms with Crippen LogP contribution in [0.4, 0.5) is 10.8 Å². The Morgan fingerprint density at radius 3 is 2.76 bits per heavy atom. The summed E-state index contributed by atoms with van der Waals surface area (Å²) in [4.78, 5) is 27.3. The van der Waals surface area contributed by atoms with Gasteiger partial charge < -0.3 is 5.32 Å². The van der Waals surface area contributed by atoms with E-state index in [9.17, 15) is 14.9 Å². The molecule has 0 saturated carbocycles. The fourth-order valence-electron chi connectivity index (χ4n) is 2.96. The third-order valence-electron chi connectivity index (χ3n) is 4.68. The summed E-state index contributed by atoms with van der Waals surface area (Å²) < 4.78 is 1.59. The van der Waals surface area contributed by atoms with Crippen molar-refractivity contribution < 1.29 is 9.72 Å². The van der Waals surface area contributed by atoms with Crippen molar-refractivity contribution in [2.75, 3.05) is 11.1 Å². The second kappa shape index (κ2) is 9.88. The van der Waals surface area contributed by atoms with Crippen LogP contribution in [0.3, 0.4) is 0 Å². The number of nitro benzene ring substituents is 1. The second-order valence-electron chi connectivity index (χ2n) is 7.30. The zero-order valence-electron chi connectivity index (χ0n) is 17.7. The highest BCUT2D eigenvalue weighted by Crippen LogP contribution is 2.28. The number of nitrogens with one attached hydrogen (secondary N) is 1. The van der Waals surface area contributed by atoms with Gasteiger partial charge in [-0.1, -0.05) is 49.9 Å². The van der Waals surface area contributed by atoms with E-state index < -0.39 is 4.92 Å². The summed E-state index contributed by atoms with van der Waals surface area (Å²) in [6.45, 7) is 4.25. The first-order valence-corrected chi connectivity index (χ1v) is 11.8. The van der Waals surface area contributed by atoms with Crippen molar-refractivity contribution in [3.63, 3.8) is 0 Å². The average molecular weight is 482 g/mol. The number of rotatable bonds is 8. The van der Waals surface area contributed by atoms with Gasteiger partial charge in [0.1, 0.15) is 0 Å². The third-order valence-corrected chi connectivity index (χ3v) is 6.36. The van der Waals surface area contributed by atoms with Crippen molar-refractivity contribution in [1.82, 2.24) is 25.2 Å². The van der Waals surface area contributed by atoms with E-state index in [1.54, 1.807) is 22.2 Å². The summed E-state index contributed by atoms with van der Waals surface area (Å²) in [6.07, 6.45) is 0. The molecule has 4 rings (SSSR count). The zero-order valence-corrected chi connectivity index (χ0v) is 19.3. The van der Waals surface area contributed by atoms with Gasteiger partial charge in [0.25, 0.3) is 5.69 Å². The lowest BCUT2D eigenvalue weighted by molar-refractivity contribution is -0.384. The fraction of sp³-hybridized carbons (Fsp3) is 0.190. The number of carbonyl (C=O) groups excluding carboxylic acids is 1. The monoisotopic (exact) mass is 481 g/mol. The number of amides is 1. The van der Waals surface area contributed by atoms with Gasteiger partial charge in [-0.05, 0) is 34.0 Å². The Balaban J connectivity index is 1.38. The molecule has 1 N–H and O–H groups in total. The Kier molecular flexibility index (Phi) is 6.75. The number of thioether (sulfide) groups is 1. The van der Waals surface area contributed by atoms with Crippen LogP contribution in [0.2, 0.25) is 0 Å². The van der Waals surface area contributed by atoms with Crippen LogP contribution >= 0.6 is 23.1 Å². The SMILES string of the molecule is CC(C)c1ccc(-n2nnnc2SCC(=O)Nc2nc(-c3cccc([N+](=O)[O-])c3)cs2)cc1. The molecule has 0 unspecified atom stereocenters. The molecule has 0 saturated heterocycles. The number of thiazole rings is 1. The smallest absolute Gasteiger partial charge is 0.270 e. The van der Waals surface area contributed by atoms with E-state index >= 15 is 0 Å². The molecule has 2 aromatic carbocycles.